The summed E-state index contributed by atoms with van der Waals surface area (Å²) in [5.74, 6) is 0.104. The van der Waals surface area contributed by atoms with Crippen LogP contribution in [0.5, 0.6) is 5.75 Å². The van der Waals surface area contributed by atoms with Crippen LogP contribution in [0.3, 0.4) is 0 Å². The second kappa shape index (κ2) is 7.92. The van der Waals surface area contributed by atoms with Crippen LogP contribution in [0, 0.1) is 12.7 Å². The van der Waals surface area contributed by atoms with Crippen LogP contribution in [0.15, 0.2) is 53.1 Å². The van der Waals surface area contributed by atoms with Gasteiger partial charge in [-0.05, 0) is 58.3 Å². The molecule has 140 valence electrons. The Kier molecular flexibility index (Phi) is 5.60. The number of benzene rings is 2. The van der Waals surface area contributed by atoms with Crippen molar-refractivity contribution in [3.8, 4) is 5.75 Å². The van der Waals surface area contributed by atoms with Gasteiger partial charge in [0.2, 0.25) is 0 Å². The van der Waals surface area contributed by atoms with E-state index in [0.29, 0.717) is 21.5 Å². The molecule has 0 radical (unpaired) electrons. The molecule has 2 aromatic carbocycles. The van der Waals surface area contributed by atoms with E-state index in [1.165, 1.54) is 29.3 Å². The molecule has 0 bridgehead atoms. The Bertz CT molecular complexity index is 929. The number of nitrogens with one attached hydrogen (secondary N) is 1. The van der Waals surface area contributed by atoms with Gasteiger partial charge in [-0.2, -0.15) is 0 Å². The molecule has 27 heavy (non-hydrogen) atoms. The predicted molar refractivity (Wildman–Crippen MR) is 104 cm³/mol. The zero-order valence-electron chi connectivity index (χ0n) is 14.8. The second-order valence-corrected chi connectivity index (χ2v) is 7.05. The zero-order chi connectivity index (χ0) is 19.6. The van der Waals surface area contributed by atoms with Crippen LogP contribution in [-0.2, 0) is 4.79 Å². The number of carbonyl (C=O) groups excluding carboxylic acids is 2. The number of ketones is 1. The molecule has 0 saturated heterocycles. The number of rotatable bonds is 3. The van der Waals surface area contributed by atoms with Crippen molar-refractivity contribution in [3.05, 3.63) is 70.1 Å². The predicted octanol–water partition coefficient (Wildman–Crippen LogP) is 4.97. The number of urea groups is 1. The van der Waals surface area contributed by atoms with Crippen LogP contribution in [-0.4, -0.2) is 23.8 Å². The highest BCUT2D eigenvalue weighted by atomic mass is 79.9. The quantitative estimate of drug-likeness (QED) is 0.744. The third kappa shape index (κ3) is 4.19. The molecule has 1 heterocycles. The van der Waals surface area contributed by atoms with E-state index in [1.54, 1.807) is 25.3 Å². The molecule has 7 heteroatoms. The van der Waals surface area contributed by atoms with Gasteiger partial charge in [0.25, 0.3) is 0 Å². The summed E-state index contributed by atoms with van der Waals surface area (Å²) in [6.45, 7) is 1.90. The summed E-state index contributed by atoms with van der Waals surface area (Å²) in [6, 6.07) is 8.47. The summed E-state index contributed by atoms with van der Waals surface area (Å²) < 4.78 is 19.6. The first kappa shape index (κ1) is 19.1. The van der Waals surface area contributed by atoms with Crippen molar-refractivity contribution in [2.45, 2.75) is 19.4 Å². The molecule has 1 aliphatic heterocycles. The summed E-state index contributed by atoms with van der Waals surface area (Å²) in [6.07, 6.45) is 2.86. The molecule has 1 aliphatic rings. The molecular weight excluding hydrogens is 415 g/mol. The lowest BCUT2D eigenvalue weighted by Gasteiger charge is -2.31. The fraction of sp³-hybridized carbons (Fsp3) is 0.200. The van der Waals surface area contributed by atoms with Crippen LogP contribution in [0.2, 0.25) is 0 Å². The number of halogens is 2. The lowest BCUT2D eigenvalue weighted by atomic mass is 9.97. The number of carbonyl (C=O) groups is 2. The second-order valence-electron chi connectivity index (χ2n) is 6.20. The lowest BCUT2D eigenvalue weighted by Crippen LogP contribution is -2.37. The van der Waals surface area contributed by atoms with Gasteiger partial charge in [0.05, 0.1) is 18.8 Å². The fourth-order valence-electron chi connectivity index (χ4n) is 2.97. The first-order valence-electron chi connectivity index (χ1n) is 8.29. The van der Waals surface area contributed by atoms with Crippen molar-refractivity contribution < 1.29 is 18.7 Å². The van der Waals surface area contributed by atoms with Gasteiger partial charge in [-0.1, -0.05) is 12.1 Å². The molecule has 5 nitrogen and oxygen atoms in total. The van der Waals surface area contributed by atoms with Crippen molar-refractivity contribution in [3.63, 3.8) is 0 Å². The van der Waals surface area contributed by atoms with Gasteiger partial charge >= 0.3 is 6.03 Å². The Morgan fingerprint density at radius 3 is 2.81 bits per heavy atom. The van der Waals surface area contributed by atoms with Crippen molar-refractivity contribution in [2.75, 3.05) is 12.4 Å². The van der Waals surface area contributed by atoms with Crippen LogP contribution in [0.1, 0.15) is 23.6 Å². The summed E-state index contributed by atoms with van der Waals surface area (Å²) in [4.78, 5) is 26.1. The number of anilines is 1. The van der Waals surface area contributed by atoms with Gasteiger partial charge in [0.1, 0.15) is 11.6 Å². The van der Waals surface area contributed by atoms with Crippen molar-refractivity contribution in [1.82, 2.24) is 4.90 Å². The minimum Gasteiger partial charge on any atom is -0.496 e. The Morgan fingerprint density at radius 2 is 2.11 bits per heavy atom. The number of nitrogens with zero attached hydrogens (tertiary/aromatic N) is 1. The van der Waals surface area contributed by atoms with Crippen LogP contribution >= 0.6 is 15.9 Å². The lowest BCUT2D eigenvalue weighted by molar-refractivity contribution is -0.116. The van der Waals surface area contributed by atoms with E-state index >= 15 is 0 Å². The number of amides is 2. The van der Waals surface area contributed by atoms with E-state index in [0.717, 1.165) is 5.56 Å². The third-order valence-corrected chi connectivity index (χ3v) is 5.00. The molecule has 0 aromatic heterocycles. The maximum absolute atomic E-state index is 13.6. The monoisotopic (exact) mass is 432 g/mol. The molecule has 2 amide bonds. The van der Waals surface area contributed by atoms with Gasteiger partial charge in [-0.3, -0.25) is 9.69 Å². The van der Waals surface area contributed by atoms with Crippen molar-refractivity contribution in [2.24, 2.45) is 0 Å². The normalized spacial score (nSPS) is 16.4. The minimum atomic E-state index is -0.579. The first-order chi connectivity index (χ1) is 12.9. The van der Waals surface area contributed by atoms with Crippen molar-refractivity contribution >= 4 is 33.4 Å². The van der Waals surface area contributed by atoms with Gasteiger partial charge < -0.3 is 10.1 Å². The van der Waals surface area contributed by atoms with E-state index in [1.807, 2.05) is 13.0 Å². The van der Waals surface area contributed by atoms with E-state index in [-0.39, 0.29) is 12.2 Å². The third-order valence-electron chi connectivity index (χ3n) is 4.35. The van der Waals surface area contributed by atoms with Crippen molar-refractivity contribution in [1.29, 1.82) is 0 Å². The number of allylic oxidation sites excluding steroid dienone is 1. The summed E-state index contributed by atoms with van der Waals surface area (Å²) in [7, 11) is 1.56. The molecule has 0 spiro atoms. The largest absolute Gasteiger partial charge is 0.496 e. The Balaban J connectivity index is 1.90. The Labute approximate surface area is 164 Å². The SMILES string of the molecule is COc1cc(NC(=O)N2C=CC(=O)CC2c2cccc(F)c2)c(Br)cc1C. The molecule has 1 N–H and O–H groups in total. The average Bonchev–Trinajstić information content (AvgIpc) is 2.63. The highest BCUT2D eigenvalue weighted by molar-refractivity contribution is 9.10. The molecule has 0 fully saturated rings. The van der Waals surface area contributed by atoms with E-state index in [4.69, 9.17) is 4.74 Å². The van der Waals surface area contributed by atoms with Gasteiger partial charge in [-0.15, -0.1) is 0 Å². The molecule has 3 rings (SSSR count). The van der Waals surface area contributed by atoms with Crippen LogP contribution in [0.25, 0.3) is 0 Å². The Hall–Kier alpha value is -2.67. The van der Waals surface area contributed by atoms with E-state index in [2.05, 4.69) is 21.2 Å². The summed E-state index contributed by atoms with van der Waals surface area (Å²) in [5, 5.41) is 2.81. The molecule has 0 aliphatic carbocycles. The Morgan fingerprint density at radius 1 is 1.33 bits per heavy atom. The zero-order valence-corrected chi connectivity index (χ0v) is 16.4. The number of hydrogen-bond acceptors (Lipinski definition) is 3. The van der Waals surface area contributed by atoms with Crippen LogP contribution in [0.4, 0.5) is 14.9 Å². The maximum atomic E-state index is 13.6. The smallest absolute Gasteiger partial charge is 0.326 e. The molecule has 1 atom stereocenters. The standard InChI is InChI=1S/C20H18BrFN2O3/c1-12-8-16(21)17(11-19(12)27-2)23-20(26)24-7-6-15(25)10-18(24)13-4-3-5-14(22)9-13/h3-9,11,18H,10H2,1-2H3,(H,23,26). The number of hydrogen-bond donors (Lipinski definition) is 1. The average molecular weight is 433 g/mol. The van der Waals surface area contributed by atoms with E-state index in [9.17, 15) is 14.0 Å². The van der Waals surface area contributed by atoms with Gasteiger partial charge in [0, 0.05) is 23.2 Å². The summed E-state index contributed by atoms with van der Waals surface area (Å²) in [5.41, 5.74) is 2.01. The minimum absolute atomic E-state index is 0.0890. The number of methoxy groups -OCH3 is 1. The highest BCUT2D eigenvalue weighted by Gasteiger charge is 2.29. The molecule has 1 unspecified atom stereocenters. The molecule has 0 saturated carbocycles. The van der Waals surface area contributed by atoms with Gasteiger partial charge in [-0.25, -0.2) is 9.18 Å². The fourth-order valence-corrected chi connectivity index (χ4v) is 3.53. The number of ether oxygens (including phenoxy) is 1. The van der Waals surface area contributed by atoms with Crippen LogP contribution < -0.4 is 10.1 Å². The highest BCUT2D eigenvalue weighted by Crippen LogP contribution is 2.33. The number of aryl methyl sites for hydroxylation is 1. The van der Waals surface area contributed by atoms with Gasteiger partial charge in [0.15, 0.2) is 5.78 Å². The molecular formula is C20H18BrFN2O3. The summed E-state index contributed by atoms with van der Waals surface area (Å²) >= 11 is 3.43. The molecule has 2 aromatic rings. The van der Waals surface area contributed by atoms with E-state index < -0.39 is 17.9 Å². The maximum Gasteiger partial charge on any atom is 0.326 e. The topological polar surface area (TPSA) is 58.6 Å². The first-order valence-corrected chi connectivity index (χ1v) is 9.08.